The summed E-state index contributed by atoms with van der Waals surface area (Å²) in [6.07, 6.45) is 1.84. The summed E-state index contributed by atoms with van der Waals surface area (Å²) in [7, 11) is 3.28. The van der Waals surface area contributed by atoms with Crippen LogP contribution in [-0.4, -0.2) is 24.2 Å². The zero-order valence-electron chi connectivity index (χ0n) is 11.3. The second-order valence-electron chi connectivity index (χ2n) is 4.40. The van der Waals surface area contributed by atoms with E-state index in [0.717, 1.165) is 33.7 Å². The van der Waals surface area contributed by atoms with Gasteiger partial charge in [-0.2, -0.15) is 0 Å². The molecule has 0 aliphatic rings. The van der Waals surface area contributed by atoms with Crippen molar-refractivity contribution in [2.75, 3.05) is 20.0 Å². The zero-order valence-corrected chi connectivity index (χ0v) is 11.3. The number of anilines is 1. The van der Waals surface area contributed by atoms with Gasteiger partial charge in [0.15, 0.2) is 0 Å². The Bertz CT molecular complexity index is 765. The highest BCUT2D eigenvalue weighted by Gasteiger charge is 2.13. The minimum atomic E-state index is 0.458. The summed E-state index contributed by atoms with van der Waals surface area (Å²) in [6, 6.07) is 9.48. The molecule has 0 radical (unpaired) electrons. The van der Waals surface area contributed by atoms with Crippen LogP contribution < -0.4 is 15.2 Å². The summed E-state index contributed by atoms with van der Waals surface area (Å²) in [5.41, 5.74) is 8.52. The van der Waals surface area contributed by atoms with Crippen LogP contribution in [-0.2, 0) is 0 Å². The smallest absolute Gasteiger partial charge is 0.140 e. The van der Waals surface area contributed by atoms with Crippen molar-refractivity contribution < 1.29 is 9.47 Å². The van der Waals surface area contributed by atoms with Crippen LogP contribution in [0.2, 0.25) is 0 Å². The molecular formula is C15H15N3O2. The number of rotatable bonds is 3. The van der Waals surface area contributed by atoms with Gasteiger partial charge in [0.2, 0.25) is 0 Å². The van der Waals surface area contributed by atoms with E-state index >= 15 is 0 Å². The summed E-state index contributed by atoms with van der Waals surface area (Å²) < 4.78 is 10.7. The van der Waals surface area contributed by atoms with Crippen molar-refractivity contribution in [3.63, 3.8) is 0 Å². The summed E-state index contributed by atoms with van der Waals surface area (Å²) in [4.78, 5) is 7.34. The Morgan fingerprint density at radius 1 is 1.05 bits per heavy atom. The van der Waals surface area contributed by atoms with E-state index in [4.69, 9.17) is 15.2 Å². The Kier molecular flexibility index (Phi) is 2.95. The van der Waals surface area contributed by atoms with Crippen LogP contribution in [0.3, 0.4) is 0 Å². The van der Waals surface area contributed by atoms with Crippen LogP contribution >= 0.6 is 0 Å². The second kappa shape index (κ2) is 4.77. The number of hydrogen-bond acceptors (Lipinski definition) is 4. The third-order valence-electron chi connectivity index (χ3n) is 3.25. The molecule has 0 aliphatic heterocycles. The molecule has 0 saturated carbocycles. The van der Waals surface area contributed by atoms with Crippen molar-refractivity contribution in [2.24, 2.45) is 0 Å². The quantitative estimate of drug-likeness (QED) is 0.766. The van der Waals surface area contributed by atoms with Gasteiger partial charge in [-0.1, -0.05) is 0 Å². The van der Waals surface area contributed by atoms with Crippen LogP contribution in [0.4, 0.5) is 5.82 Å². The first-order valence-corrected chi connectivity index (χ1v) is 6.19. The number of fused-ring (bicyclic) bond motifs is 1. The molecule has 3 aromatic rings. The molecule has 0 fully saturated rings. The number of aromatic amines is 1. The molecule has 20 heavy (non-hydrogen) atoms. The predicted molar refractivity (Wildman–Crippen MR) is 79.0 cm³/mol. The van der Waals surface area contributed by atoms with Gasteiger partial charge in [0.1, 0.15) is 23.0 Å². The first-order valence-electron chi connectivity index (χ1n) is 6.19. The highest BCUT2D eigenvalue weighted by molar-refractivity contribution is 5.96. The fourth-order valence-electron chi connectivity index (χ4n) is 2.30. The lowest BCUT2D eigenvalue weighted by Crippen LogP contribution is -1.94. The number of methoxy groups -OCH3 is 2. The van der Waals surface area contributed by atoms with Gasteiger partial charge in [-0.3, -0.25) is 0 Å². The Labute approximate surface area is 116 Å². The molecule has 102 valence electrons. The maximum Gasteiger partial charge on any atom is 0.140 e. The number of ether oxygens (including phenoxy) is 2. The first-order chi connectivity index (χ1) is 9.72. The third-order valence-corrected chi connectivity index (χ3v) is 3.25. The maximum atomic E-state index is 5.88. The summed E-state index contributed by atoms with van der Waals surface area (Å²) >= 11 is 0. The largest absolute Gasteiger partial charge is 0.497 e. The van der Waals surface area contributed by atoms with Gasteiger partial charge in [0, 0.05) is 22.7 Å². The third kappa shape index (κ3) is 1.93. The van der Waals surface area contributed by atoms with E-state index in [1.54, 1.807) is 14.2 Å². The predicted octanol–water partition coefficient (Wildman–Crippen LogP) is 2.83. The molecule has 2 aromatic heterocycles. The van der Waals surface area contributed by atoms with E-state index in [0.29, 0.717) is 5.82 Å². The van der Waals surface area contributed by atoms with Crippen molar-refractivity contribution in [1.29, 1.82) is 0 Å². The number of nitrogens with one attached hydrogen (secondary N) is 1. The lowest BCUT2D eigenvalue weighted by atomic mass is 10.0. The molecular weight excluding hydrogens is 254 g/mol. The summed E-state index contributed by atoms with van der Waals surface area (Å²) in [5.74, 6) is 1.98. The molecule has 0 unspecified atom stereocenters. The van der Waals surface area contributed by atoms with E-state index in [1.165, 1.54) is 0 Å². The number of nitrogens with zero attached hydrogens (tertiary/aromatic N) is 1. The number of benzene rings is 1. The lowest BCUT2D eigenvalue weighted by molar-refractivity contribution is 0.404. The normalized spacial score (nSPS) is 10.7. The molecule has 3 N–H and O–H groups in total. The van der Waals surface area contributed by atoms with Crippen LogP contribution in [0.15, 0.2) is 36.5 Å². The number of pyridine rings is 1. The van der Waals surface area contributed by atoms with E-state index in [2.05, 4.69) is 9.97 Å². The SMILES string of the molecule is COc1ccc(OC)c(-c2cc(N)nc3[nH]ccc23)c1. The van der Waals surface area contributed by atoms with Crippen molar-refractivity contribution in [2.45, 2.75) is 0 Å². The minimum absolute atomic E-state index is 0.458. The van der Waals surface area contributed by atoms with Gasteiger partial charge in [-0.15, -0.1) is 0 Å². The Balaban J connectivity index is 2.31. The maximum absolute atomic E-state index is 5.88. The standard InChI is InChI=1S/C15H15N3O2/c1-19-9-3-4-13(20-2)12(7-9)11-8-14(16)18-15-10(11)5-6-17-15/h3-8H,1-2H3,(H3,16,17,18). The average Bonchev–Trinajstić information content (AvgIpc) is 2.93. The number of nitrogen functional groups attached to an aromatic ring is 1. The van der Waals surface area contributed by atoms with Gasteiger partial charge in [0.05, 0.1) is 14.2 Å². The van der Waals surface area contributed by atoms with E-state index in [9.17, 15) is 0 Å². The number of hydrogen-bond donors (Lipinski definition) is 2. The molecule has 0 aliphatic carbocycles. The number of aromatic nitrogens is 2. The molecule has 2 heterocycles. The van der Waals surface area contributed by atoms with Crippen molar-refractivity contribution in [1.82, 2.24) is 9.97 Å². The topological polar surface area (TPSA) is 73.2 Å². The molecule has 3 rings (SSSR count). The molecule has 0 atom stereocenters. The number of H-pyrrole nitrogens is 1. The highest BCUT2D eigenvalue weighted by atomic mass is 16.5. The van der Waals surface area contributed by atoms with Crippen molar-refractivity contribution >= 4 is 16.9 Å². The van der Waals surface area contributed by atoms with Gasteiger partial charge >= 0.3 is 0 Å². The summed E-state index contributed by atoms with van der Waals surface area (Å²) in [5, 5.41) is 0.991. The van der Waals surface area contributed by atoms with Crippen LogP contribution in [0.1, 0.15) is 0 Å². The summed E-state index contributed by atoms with van der Waals surface area (Å²) in [6.45, 7) is 0. The van der Waals surface area contributed by atoms with Gasteiger partial charge in [-0.05, 0) is 30.3 Å². The van der Waals surface area contributed by atoms with Crippen LogP contribution in [0.25, 0.3) is 22.2 Å². The second-order valence-corrected chi connectivity index (χ2v) is 4.40. The van der Waals surface area contributed by atoms with Crippen molar-refractivity contribution in [3.05, 3.63) is 36.5 Å². The number of nitrogens with two attached hydrogens (primary N) is 1. The van der Waals surface area contributed by atoms with Gasteiger partial charge < -0.3 is 20.2 Å². The Morgan fingerprint density at radius 3 is 2.65 bits per heavy atom. The Hall–Kier alpha value is -2.69. The fraction of sp³-hybridized carbons (Fsp3) is 0.133. The van der Waals surface area contributed by atoms with E-state index in [1.807, 2.05) is 36.5 Å². The average molecular weight is 269 g/mol. The monoisotopic (exact) mass is 269 g/mol. The van der Waals surface area contributed by atoms with Crippen molar-refractivity contribution in [3.8, 4) is 22.6 Å². The molecule has 5 nitrogen and oxygen atoms in total. The molecule has 0 amide bonds. The van der Waals surface area contributed by atoms with E-state index < -0.39 is 0 Å². The molecule has 0 bridgehead atoms. The molecule has 0 spiro atoms. The molecule has 5 heteroatoms. The minimum Gasteiger partial charge on any atom is -0.497 e. The van der Waals surface area contributed by atoms with Gasteiger partial charge in [-0.25, -0.2) is 4.98 Å². The Morgan fingerprint density at radius 2 is 1.90 bits per heavy atom. The van der Waals surface area contributed by atoms with Gasteiger partial charge in [0.25, 0.3) is 0 Å². The van der Waals surface area contributed by atoms with E-state index in [-0.39, 0.29) is 0 Å². The lowest BCUT2D eigenvalue weighted by Gasteiger charge is -2.12. The van der Waals surface area contributed by atoms with Crippen LogP contribution in [0, 0.1) is 0 Å². The molecule has 0 saturated heterocycles. The first kappa shape index (κ1) is 12.3. The zero-order chi connectivity index (χ0) is 14.1. The molecule has 1 aromatic carbocycles. The van der Waals surface area contributed by atoms with Crippen LogP contribution in [0.5, 0.6) is 11.5 Å². The fourth-order valence-corrected chi connectivity index (χ4v) is 2.30. The highest BCUT2D eigenvalue weighted by Crippen LogP contribution is 2.37.